The molecule has 0 radical (unpaired) electrons. The molecule has 1 aliphatic heterocycles. The van der Waals surface area contributed by atoms with E-state index < -0.39 is 0 Å². The zero-order valence-corrected chi connectivity index (χ0v) is 22.9. The van der Waals surface area contributed by atoms with Gasteiger partial charge in [0.2, 0.25) is 0 Å². The summed E-state index contributed by atoms with van der Waals surface area (Å²) in [6.07, 6.45) is 0. The molecule has 1 aliphatic rings. The van der Waals surface area contributed by atoms with Crippen LogP contribution in [-0.2, 0) is 0 Å². The Kier molecular flexibility index (Phi) is 8.48. The molecule has 9 heteroatoms. The van der Waals surface area contributed by atoms with Crippen LogP contribution < -0.4 is 25.0 Å². The van der Waals surface area contributed by atoms with Crippen LogP contribution in [0.25, 0.3) is 0 Å². The third-order valence-corrected chi connectivity index (χ3v) is 6.57. The highest BCUT2D eigenvalue weighted by Gasteiger charge is 2.23. The maximum absolute atomic E-state index is 13.1. The molecule has 2 amide bonds. The van der Waals surface area contributed by atoms with Gasteiger partial charge in [-0.05, 0) is 74.6 Å². The molecule has 0 spiro atoms. The predicted molar refractivity (Wildman–Crippen MR) is 154 cm³/mol. The van der Waals surface area contributed by atoms with Crippen molar-refractivity contribution in [2.75, 3.05) is 50.6 Å². The van der Waals surface area contributed by atoms with Crippen LogP contribution in [0, 0.1) is 13.8 Å². The summed E-state index contributed by atoms with van der Waals surface area (Å²) in [5.41, 5.74) is 5.00. The molecule has 1 saturated heterocycles. The Labute approximate surface area is 228 Å². The summed E-state index contributed by atoms with van der Waals surface area (Å²) in [6.45, 7) is 6.54. The van der Waals surface area contributed by atoms with Crippen molar-refractivity contribution in [2.45, 2.75) is 13.8 Å². The van der Waals surface area contributed by atoms with E-state index in [1.54, 1.807) is 32.4 Å². The molecule has 1 heterocycles. The van der Waals surface area contributed by atoms with Crippen molar-refractivity contribution in [3.8, 4) is 11.5 Å². The number of nitrogens with zero attached hydrogens (tertiary/aromatic N) is 2. The lowest BCUT2D eigenvalue weighted by Crippen LogP contribution is -2.48. The number of nitrogens with one attached hydrogen (secondary N) is 2. The number of ether oxygens (including phenoxy) is 2. The van der Waals surface area contributed by atoms with Crippen LogP contribution in [0.5, 0.6) is 11.5 Å². The minimum Gasteiger partial charge on any atom is -0.497 e. The molecule has 8 nitrogen and oxygen atoms in total. The molecule has 3 aromatic rings. The van der Waals surface area contributed by atoms with Crippen LogP contribution in [0.4, 0.5) is 11.4 Å². The van der Waals surface area contributed by atoms with Gasteiger partial charge in [-0.1, -0.05) is 17.2 Å². The van der Waals surface area contributed by atoms with Crippen molar-refractivity contribution in [1.29, 1.82) is 0 Å². The number of benzene rings is 3. The number of methoxy groups -OCH3 is 2. The van der Waals surface area contributed by atoms with Gasteiger partial charge in [0, 0.05) is 54.7 Å². The van der Waals surface area contributed by atoms with Gasteiger partial charge in [0.1, 0.15) is 11.5 Å². The van der Waals surface area contributed by atoms with Gasteiger partial charge in [-0.3, -0.25) is 14.9 Å². The normalized spacial score (nSPS) is 13.1. The van der Waals surface area contributed by atoms with Crippen molar-refractivity contribution in [3.05, 3.63) is 82.9 Å². The van der Waals surface area contributed by atoms with E-state index in [2.05, 4.69) is 15.5 Å². The number of rotatable bonds is 6. The van der Waals surface area contributed by atoms with Crippen molar-refractivity contribution < 1.29 is 19.1 Å². The molecular formula is C29H32N4O4S. The van der Waals surface area contributed by atoms with E-state index in [9.17, 15) is 9.59 Å². The lowest BCUT2D eigenvalue weighted by Gasteiger charge is -2.36. The van der Waals surface area contributed by atoms with E-state index in [4.69, 9.17) is 21.7 Å². The predicted octanol–water partition coefficient (Wildman–Crippen LogP) is 4.41. The quantitative estimate of drug-likeness (QED) is 0.455. The largest absolute Gasteiger partial charge is 0.497 e. The monoisotopic (exact) mass is 532 g/mol. The molecule has 38 heavy (non-hydrogen) atoms. The number of anilines is 2. The van der Waals surface area contributed by atoms with E-state index >= 15 is 0 Å². The Morgan fingerprint density at radius 1 is 0.789 bits per heavy atom. The number of amides is 2. The molecular weight excluding hydrogens is 500 g/mol. The second-order valence-electron chi connectivity index (χ2n) is 9.21. The summed E-state index contributed by atoms with van der Waals surface area (Å²) in [7, 11) is 3.14. The summed E-state index contributed by atoms with van der Waals surface area (Å²) in [5.74, 6) is 0.886. The molecule has 0 aliphatic carbocycles. The van der Waals surface area contributed by atoms with Crippen molar-refractivity contribution in [1.82, 2.24) is 10.2 Å². The number of thiocarbonyl (C=S) groups is 1. The van der Waals surface area contributed by atoms with E-state index in [0.29, 0.717) is 48.8 Å². The third-order valence-electron chi connectivity index (χ3n) is 6.37. The Morgan fingerprint density at radius 3 is 1.92 bits per heavy atom. The molecule has 198 valence electrons. The summed E-state index contributed by atoms with van der Waals surface area (Å²) in [4.78, 5) is 29.7. The second kappa shape index (κ2) is 12.0. The molecule has 0 atom stereocenters. The highest BCUT2D eigenvalue weighted by atomic mass is 32.1. The van der Waals surface area contributed by atoms with Gasteiger partial charge in [-0.2, -0.15) is 0 Å². The Balaban J connectivity index is 1.30. The number of hydrogen-bond acceptors (Lipinski definition) is 6. The summed E-state index contributed by atoms with van der Waals surface area (Å²) >= 11 is 5.34. The third kappa shape index (κ3) is 6.60. The number of aryl methyl sites for hydroxylation is 2. The molecule has 2 N–H and O–H groups in total. The summed E-state index contributed by atoms with van der Waals surface area (Å²) in [5, 5.41) is 6.05. The fourth-order valence-electron chi connectivity index (χ4n) is 4.48. The fraction of sp³-hybridized carbons (Fsp3) is 0.276. The Bertz CT molecular complexity index is 1290. The van der Waals surface area contributed by atoms with Gasteiger partial charge in [0.05, 0.1) is 14.2 Å². The van der Waals surface area contributed by atoms with Gasteiger partial charge in [-0.15, -0.1) is 0 Å². The van der Waals surface area contributed by atoms with E-state index in [1.165, 1.54) is 0 Å². The standard InChI is InChI=1S/C29H32N4O4S/c1-19-13-20(2)15-21(14-19)27(34)31-29(38)30-23-5-7-24(8-6-23)32-9-11-33(12-10-32)28(35)22-16-25(36-3)18-26(17-22)37-4/h5-8,13-18H,9-12H2,1-4H3,(H2,30,31,34,38). The minimum atomic E-state index is -0.245. The van der Waals surface area contributed by atoms with Crippen LogP contribution in [0.15, 0.2) is 60.7 Å². The topological polar surface area (TPSA) is 83.1 Å². The first-order valence-corrected chi connectivity index (χ1v) is 12.7. The molecule has 4 rings (SSSR count). The molecule has 1 fully saturated rings. The van der Waals surface area contributed by atoms with E-state index in [-0.39, 0.29) is 16.9 Å². The highest BCUT2D eigenvalue weighted by molar-refractivity contribution is 7.80. The first-order valence-electron chi connectivity index (χ1n) is 12.3. The molecule has 0 saturated carbocycles. The van der Waals surface area contributed by atoms with Crippen LogP contribution >= 0.6 is 12.2 Å². The van der Waals surface area contributed by atoms with Gasteiger partial charge in [0.15, 0.2) is 5.11 Å². The molecule has 3 aromatic carbocycles. The van der Waals surface area contributed by atoms with Crippen molar-refractivity contribution in [2.24, 2.45) is 0 Å². The van der Waals surface area contributed by atoms with Gasteiger partial charge < -0.3 is 24.6 Å². The summed E-state index contributed by atoms with van der Waals surface area (Å²) in [6, 6.07) is 18.7. The molecule has 0 bridgehead atoms. The SMILES string of the molecule is COc1cc(OC)cc(C(=O)N2CCN(c3ccc(NC(=S)NC(=O)c4cc(C)cc(C)c4)cc3)CC2)c1. The maximum atomic E-state index is 13.1. The van der Waals surface area contributed by atoms with Gasteiger partial charge in [0.25, 0.3) is 11.8 Å². The number of carbonyl (C=O) groups excluding carboxylic acids is 2. The lowest BCUT2D eigenvalue weighted by molar-refractivity contribution is 0.0745. The van der Waals surface area contributed by atoms with Crippen molar-refractivity contribution >= 4 is 40.5 Å². The Hall–Kier alpha value is -4.11. The van der Waals surface area contributed by atoms with Crippen LogP contribution in [0.2, 0.25) is 0 Å². The molecule has 0 unspecified atom stereocenters. The highest BCUT2D eigenvalue weighted by Crippen LogP contribution is 2.25. The smallest absolute Gasteiger partial charge is 0.257 e. The fourth-order valence-corrected chi connectivity index (χ4v) is 4.69. The number of hydrogen-bond donors (Lipinski definition) is 2. The first kappa shape index (κ1) is 26.9. The minimum absolute atomic E-state index is 0.0437. The second-order valence-corrected chi connectivity index (χ2v) is 9.62. The average molecular weight is 533 g/mol. The zero-order chi connectivity index (χ0) is 27.2. The van der Waals surface area contributed by atoms with E-state index in [1.807, 2.05) is 61.2 Å². The zero-order valence-electron chi connectivity index (χ0n) is 22.0. The first-order chi connectivity index (χ1) is 18.2. The summed E-state index contributed by atoms with van der Waals surface area (Å²) < 4.78 is 10.6. The number of piperazine rings is 1. The molecule has 0 aromatic heterocycles. The van der Waals surface area contributed by atoms with Crippen molar-refractivity contribution in [3.63, 3.8) is 0 Å². The average Bonchev–Trinajstić information content (AvgIpc) is 2.92. The van der Waals surface area contributed by atoms with Gasteiger partial charge in [-0.25, -0.2) is 0 Å². The Morgan fingerprint density at radius 2 is 1.37 bits per heavy atom. The van der Waals surface area contributed by atoms with Crippen LogP contribution in [0.1, 0.15) is 31.8 Å². The lowest BCUT2D eigenvalue weighted by atomic mass is 10.1. The number of carbonyl (C=O) groups is 2. The van der Waals surface area contributed by atoms with Crippen LogP contribution in [0.3, 0.4) is 0 Å². The van der Waals surface area contributed by atoms with Gasteiger partial charge >= 0.3 is 0 Å². The maximum Gasteiger partial charge on any atom is 0.257 e. The van der Waals surface area contributed by atoms with Crippen LogP contribution in [-0.4, -0.2) is 62.2 Å². The van der Waals surface area contributed by atoms with E-state index in [0.717, 1.165) is 22.5 Å².